The average Bonchev–Trinajstić information content (AvgIpc) is 2.02. The Morgan fingerprint density at radius 2 is 2.15 bits per heavy atom. The zero-order valence-corrected chi connectivity index (χ0v) is 8.92. The van der Waals surface area contributed by atoms with Crippen LogP contribution in [0.4, 0.5) is 0 Å². The molecular formula is C9H22N2O2. The molecule has 0 spiro atoms. The Kier molecular flexibility index (Phi) is 8.33. The number of aliphatic hydroxyl groups excluding tert-OH is 1. The first-order chi connectivity index (χ1) is 6.16. The van der Waals surface area contributed by atoms with Gasteiger partial charge in [0.1, 0.15) is 0 Å². The fourth-order valence-electron chi connectivity index (χ4n) is 1.04. The molecule has 0 aromatic carbocycles. The van der Waals surface area contributed by atoms with E-state index in [4.69, 9.17) is 4.74 Å². The monoisotopic (exact) mass is 190 g/mol. The smallest absolute Gasteiger partial charge is 0.0791 e. The number of hydrogen-bond acceptors (Lipinski definition) is 4. The lowest BCUT2D eigenvalue weighted by Crippen LogP contribution is -2.36. The van der Waals surface area contributed by atoms with Gasteiger partial charge in [-0.2, -0.15) is 0 Å². The van der Waals surface area contributed by atoms with Crippen molar-refractivity contribution in [2.24, 2.45) is 0 Å². The Labute approximate surface area is 80.9 Å². The van der Waals surface area contributed by atoms with Crippen molar-refractivity contribution < 1.29 is 9.84 Å². The average molecular weight is 190 g/mol. The minimum Gasteiger partial charge on any atom is -0.390 e. The quantitative estimate of drug-likeness (QED) is 0.508. The second kappa shape index (κ2) is 8.44. The number of ether oxygens (including phenoxy) is 1. The zero-order valence-electron chi connectivity index (χ0n) is 8.92. The highest BCUT2D eigenvalue weighted by molar-refractivity contribution is 4.61. The molecule has 1 unspecified atom stereocenters. The Morgan fingerprint density at radius 3 is 2.69 bits per heavy atom. The number of nitrogens with one attached hydrogen (secondary N) is 1. The first kappa shape index (κ1) is 12.8. The van der Waals surface area contributed by atoms with E-state index >= 15 is 0 Å². The molecule has 13 heavy (non-hydrogen) atoms. The van der Waals surface area contributed by atoms with Crippen LogP contribution >= 0.6 is 0 Å². The molecule has 0 radical (unpaired) electrons. The largest absolute Gasteiger partial charge is 0.390 e. The highest BCUT2D eigenvalue weighted by Crippen LogP contribution is 1.83. The summed E-state index contributed by atoms with van der Waals surface area (Å²) in [6.45, 7) is 5.57. The van der Waals surface area contributed by atoms with Crippen LogP contribution in [0.5, 0.6) is 0 Å². The third kappa shape index (κ3) is 9.76. The van der Waals surface area contributed by atoms with Crippen molar-refractivity contribution in [3.8, 4) is 0 Å². The number of nitrogens with zero attached hydrogens (tertiary/aromatic N) is 1. The normalized spacial score (nSPS) is 13.6. The third-order valence-corrected chi connectivity index (χ3v) is 1.58. The molecule has 0 saturated carbocycles. The van der Waals surface area contributed by atoms with E-state index in [2.05, 4.69) is 5.32 Å². The van der Waals surface area contributed by atoms with Gasteiger partial charge in [0.05, 0.1) is 12.7 Å². The summed E-state index contributed by atoms with van der Waals surface area (Å²) in [5, 5.41) is 12.6. The first-order valence-electron chi connectivity index (χ1n) is 4.78. The summed E-state index contributed by atoms with van der Waals surface area (Å²) in [7, 11) is 3.90. The molecule has 0 heterocycles. The van der Waals surface area contributed by atoms with E-state index in [1.54, 1.807) is 0 Å². The first-order valence-corrected chi connectivity index (χ1v) is 4.78. The topological polar surface area (TPSA) is 44.7 Å². The zero-order chi connectivity index (χ0) is 10.1. The van der Waals surface area contributed by atoms with Crippen LogP contribution in [-0.2, 0) is 4.74 Å². The lowest BCUT2D eigenvalue weighted by Gasteiger charge is -2.16. The highest BCUT2D eigenvalue weighted by atomic mass is 16.5. The Morgan fingerprint density at radius 1 is 1.46 bits per heavy atom. The van der Waals surface area contributed by atoms with Gasteiger partial charge in [0.25, 0.3) is 0 Å². The minimum atomic E-state index is -0.295. The molecule has 0 aliphatic heterocycles. The summed E-state index contributed by atoms with van der Waals surface area (Å²) < 4.78 is 5.14. The van der Waals surface area contributed by atoms with Crippen LogP contribution in [0.2, 0.25) is 0 Å². The Bertz CT molecular complexity index is 110. The van der Waals surface area contributed by atoms with Crippen LogP contribution in [0.15, 0.2) is 0 Å². The molecular weight excluding hydrogens is 168 g/mol. The minimum absolute atomic E-state index is 0.295. The van der Waals surface area contributed by atoms with E-state index in [1.807, 2.05) is 25.9 Å². The molecule has 4 nitrogen and oxygen atoms in total. The van der Waals surface area contributed by atoms with Gasteiger partial charge in [-0.05, 0) is 21.0 Å². The highest BCUT2D eigenvalue weighted by Gasteiger charge is 2.03. The molecule has 0 bridgehead atoms. The van der Waals surface area contributed by atoms with Crippen molar-refractivity contribution in [1.82, 2.24) is 10.2 Å². The number of aliphatic hydroxyl groups is 1. The van der Waals surface area contributed by atoms with E-state index in [0.717, 1.165) is 13.2 Å². The number of rotatable bonds is 8. The lowest BCUT2D eigenvalue weighted by molar-refractivity contribution is 0.122. The Balaban J connectivity index is 3.12. The second-order valence-electron chi connectivity index (χ2n) is 3.32. The van der Waals surface area contributed by atoms with Crippen LogP contribution in [0, 0.1) is 0 Å². The van der Waals surface area contributed by atoms with Crippen LogP contribution in [0.25, 0.3) is 0 Å². The predicted molar refractivity (Wildman–Crippen MR) is 53.9 cm³/mol. The van der Waals surface area contributed by atoms with E-state index < -0.39 is 0 Å². The standard InChI is InChI=1S/C9H22N2O2/c1-4-13-6-5-10-7-9(12)8-11(2)3/h9-10,12H,4-8H2,1-3H3. The lowest BCUT2D eigenvalue weighted by atomic mass is 10.3. The van der Waals surface area contributed by atoms with Crippen LogP contribution in [-0.4, -0.2) is 63.1 Å². The summed E-state index contributed by atoms with van der Waals surface area (Å²) >= 11 is 0. The van der Waals surface area contributed by atoms with Gasteiger partial charge in [-0.3, -0.25) is 0 Å². The molecule has 0 rings (SSSR count). The molecule has 0 aliphatic rings. The van der Waals surface area contributed by atoms with Gasteiger partial charge in [-0.15, -0.1) is 0 Å². The number of likely N-dealkylation sites (N-methyl/N-ethyl adjacent to an activating group) is 1. The molecule has 0 aromatic rings. The van der Waals surface area contributed by atoms with Gasteiger partial charge in [0.15, 0.2) is 0 Å². The van der Waals surface area contributed by atoms with Gasteiger partial charge >= 0.3 is 0 Å². The third-order valence-electron chi connectivity index (χ3n) is 1.58. The van der Waals surface area contributed by atoms with Crippen molar-refractivity contribution >= 4 is 0 Å². The van der Waals surface area contributed by atoms with Crippen molar-refractivity contribution in [1.29, 1.82) is 0 Å². The van der Waals surface area contributed by atoms with Gasteiger partial charge in [0, 0.05) is 26.2 Å². The second-order valence-corrected chi connectivity index (χ2v) is 3.32. The molecule has 0 amide bonds. The molecule has 0 aromatic heterocycles. The van der Waals surface area contributed by atoms with Gasteiger partial charge in [0.2, 0.25) is 0 Å². The SMILES string of the molecule is CCOCCNCC(O)CN(C)C. The van der Waals surface area contributed by atoms with E-state index in [0.29, 0.717) is 19.7 Å². The van der Waals surface area contributed by atoms with Crippen LogP contribution < -0.4 is 5.32 Å². The van der Waals surface area contributed by atoms with Crippen molar-refractivity contribution in [3.05, 3.63) is 0 Å². The summed E-state index contributed by atoms with van der Waals surface area (Å²) in [6, 6.07) is 0. The van der Waals surface area contributed by atoms with Crippen molar-refractivity contribution in [3.63, 3.8) is 0 Å². The maximum Gasteiger partial charge on any atom is 0.0791 e. The Hall–Kier alpha value is -0.160. The molecule has 0 aliphatic carbocycles. The molecule has 0 fully saturated rings. The summed E-state index contributed by atoms with van der Waals surface area (Å²) in [6.07, 6.45) is -0.295. The molecule has 4 heteroatoms. The fraction of sp³-hybridized carbons (Fsp3) is 1.00. The van der Waals surface area contributed by atoms with Crippen LogP contribution in [0.1, 0.15) is 6.92 Å². The molecule has 0 saturated heterocycles. The molecule has 1 atom stereocenters. The van der Waals surface area contributed by atoms with Gasteiger partial charge in [-0.25, -0.2) is 0 Å². The summed E-state index contributed by atoms with van der Waals surface area (Å²) in [5.74, 6) is 0. The van der Waals surface area contributed by atoms with Gasteiger partial charge in [-0.1, -0.05) is 0 Å². The number of hydrogen-bond donors (Lipinski definition) is 2. The van der Waals surface area contributed by atoms with Crippen molar-refractivity contribution in [2.45, 2.75) is 13.0 Å². The fourth-order valence-corrected chi connectivity index (χ4v) is 1.04. The van der Waals surface area contributed by atoms with E-state index in [1.165, 1.54) is 0 Å². The predicted octanol–water partition coefficient (Wildman–Crippen LogP) is -0.465. The summed E-state index contributed by atoms with van der Waals surface area (Å²) in [4.78, 5) is 1.97. The van der Waals surface area contributed by atoms with Crippen LogP contribution in [0.3, 0.4) is 0 Å². The van der Waals surface area contributed by atoms with Gasteiger partial charge < -0.3 is 20.1 Å². The maximum absolute atomic E-state index is 9.43. The van der Waals surface area contributed by atoms with E-state index in [9.17, 15) is 5.11 Å². The maximum atomic E-state index is 9.43. The summed E-state index contributed by atoms with van der Waals surface area (Å²) in [5.41, 5.74) is 0. The molecule has 80 valence electrons. The van der Waals surface area contributed by atoms with E-state index in [-0.39, 0.29) is 6.10 Å². The molecule has 2 N–H and O–H groups in total. The van der Waals surface area contributed by atoms with Crippen molar-refractivity contribution in [2.75, 3.05) is 46.9 Å².